The van der Waals surface area contributed by atoms with Crippen LogP contribution in [0, 0.1) is 5.92 Å². The fourth-order valence-corrected chi connectivity index (χ4v) is 3.60. The molecule has 1 aromatic carbocycles. The second-order valence-corrected chi connectivity index (χ2v) is 6.24. The zero-order valence-electron chi connectivity index (χ0n) is 11.6. The summed E-state index contributed by atoms with van der Waals surface area (Å²) in [6, 6.07) is 10.3. The van der Waals surface area contributed by atoms with E-state index in [1.165, 1.54) is 4.90 Å². The second-order valence-electron chi connectivity index (χ2n) is 4.93. The molecule has 0 spiro atoms. The molecule has 0 saturated carbocycles. The van der Waals surface area contributed by atoms with Gasteiger partial charge in [0, 0.05) is 15.7 Å². The van der Waals surface area contributed by atoms with Crippen molar-refractivity contribution in [3.8, 4) is 0 Å². The quantitative estimate of drug-likeness (QED) is 0.776. The molecule has 0 aliphatic carbocycles. The van der Waals surface area contributed by atoms with Crippen LogP contribution in [-0.4, -0.2) is 17.1 Å². The fraction of sp³-hybridized carbons (Fsp3) is 0.438. The first kappa shape index (κ1) is 14.2. The standard InChI is InChI=1S/C16H20O2S/c1-4-14(19-13-8-6-5-7-9-13)16-12(3)15(17)11(2)10-18-16/h5-10,12,14,16H,4H2,1-3H3/t12-,14-,16+/m0/s1. The van der Waals surface area contributed by atoms with Crippen LogP contribution in [0.1, 0.15) is 27.2 Å². The lowest BCUT2D eigenvalue weighted by Crippen LogP contribution is -2.38. The van der Waals surface area contributed by atoms with Crippen molar-refractivity contribution in [3.63, 3.8) is 0 Å². The molecular formula is C16H20O2S. The van der Waals surface area contributed by atoms with Gasteiger partial charge in [0.2, 0.25) is 0 Å². The van der Waals surface area contributed by atoms with Crippen LogP contribution in [0.2, 0.25) is 0 Å². The van der Waals surface area contributed by atoms with E-state index in [0.29, 0.717) is 5.25 Å². The SMILES string of the molecule is CC[C@H](Sc1ccccc1)[C@@H]1OC=C(C)C(=O)[C@@H]1C. The molecule has 0 radical (unpaired) electrons. The molecule has 1 aromatic rings. The van der Waals surface area contributed by atoms with Gasteiger partial charge in [0.05, 0.1) is 12.2 Å². The first-order valence-corrected chi connectivity index (χ1v) is 7.59. The van der Waals surface area contributed by atoms with E-state index in [-0.39, 0.29) is 17.8 Å². The molecule has 19 heavy (non-hydrogen) atoms. The van der Waals surface area contributed by atoms with E-state index in [0.717, 1.165) is 12.0 Å². The molecule has 0 saturated heterocycles. The van der Waals surface area contributed by atoms with Crippen LogP contribution in [0.5, 0.6) is 0 Å². The topological polar surface area (TPSA) is 26.3 Å². The summed E-state index contributed by atoms with van der Waals surface area (Å²) in [5.74, 6) is 0.148. The summed E-state index contributed by atoms with van der Waals surface area (Å²) in [5, 5.41) is 0.297. The second kappa shape index (κ2) is 6.29. The zero-order chi connectivity index (χ0) is 13.8. The molecule has 0 fully saturated rings. The molecule has 1 aliphatic heterocycles. The molecule has 0 N–H and O–H groups in total. The third-order valence-corrected chi connectivity index (χ3v) is 4.95. The van der Waals surface area contributed by atoms with Gasteiger partial charge in [-0.25, -0.2) is 0 Å². The number of hydrogen-bond acceptors (Lipinski definition) is 3. The molecule has 1 heterocycles. The summed E-state index contributed by atoms with van der Waals surface area (Å²) in [6.07, 6.45) is 2.57. The number of hydrogen-bond donors (Lipinski definition) is 0. The van der Waals surface area contributed by atoms with Gasteiger partial charge in [-0.2, -0.15) is 0 Å². The summed E-state index contributed by atoms with van der Waals surface area (Å²) in [5.41, 5.74) is 0.725. The van der Waals surface area contributed by atoms with Gasteiger partial charge < -0.3 is 4.74 Å². The molecule has 2 rings (SSSR count). The van der Waals surface area contributed by atoms with E-state index in [9.17, 15) is 4.79 Å². The van der Waals surface area contributed by atoms with Gasteiger partial charge in [-0.3, -0.25) is 4.79 Å². The normalized spacial score (nSPS) is 24.6. The van der Waals surface area contributed by atoms with Crippen molar-refractivity contribution >= 4 is 17.5 Å². The maximum atomic E-state index is 12.1. The van der Waals surface area contributed by atoms with Gasteiger partial charge in [0.15, 0.2) is 5.78 Å². The Balaban J connectivity index is 2.12. The molecule has 0 amide bonds. The summed E-state index contributed by atoms with van der Waals surface area (Å²) < 4.78 is 5.79. The molecule has 0 aromatic heterocycles. The summed E-state index contributed by atoms with van der Waals surface area (Å²) >= 11 is 1.80. The smallest absolute Gasteiger partial charge is 0.168 e. The van der Waals surface area contributed by atoms with E-state index < -0.39 is 0 Å². The average Bonchev–Trinajstić information content (AvgIpc) is 2.44. The molecule has 0 unspecified atom stereocenters. The Hall–Kier alpha value is -1.22. The minimum Gasteiger partial charge on any atom is -0.496 e. The highest BCUT2D eigenvalue weighted by Gasteiger charge is 2.35. The summed E-state index contributed by atoms with van der Waals surface area (Å²) in [4.78, 5) is 13.3. The van der Waals surface area contributed by atoms with Crippen LogP contribution in [0.3, 0.4) is 0 Å². The Bertz CT molecular complexity index is 467. The molecule has 3 heteroatoms. The van der Waals surface area contributed by atoms with Crippen LogP contribution < -0.4 is 0 Å². The Morgan fingerprint density at radius 3 is 2.63 bits per heavy atom. The lowest BCUT2D eigenvalue weighted by molar-refractivity contribution is -0.124. The van der Waals surface area contributed by atoms with E-state index in [2.05, 4.69) is 19.1 Å². The predicted octanol–water partition coefficient (Wildman–Crippen LogP) is 4.07. The van der Waals surface area contributed by atoms with E-state index in [4.69, 9.17) is 4.74 Å². The Morgan fingerprint density at radius 2 is 2.00 bits per heavy atom. The van der Waals surface area contributed by atoms with Crippen molar-refractivity contribution in [1.82, 2.24) is 0 Å². The number of Topliss-reactive ketones (excluding diaryl/α,β-unsaturated/α-hetero) is 1. The maximum Gasteiger partial charge on any atom is 0.168 e. The van der Waals surface area contributed by atoms with Gasteiger partial charge in [-0.15, -0.1) is 11.8 Å². The summed E-state index contributed by atoms with van der Waals surface area (Å²) in [6.45, 7) is 5.93. The molecular weight excluding hydrogens is 256 g/mol. The minimum absolute atomic E-state index is 0.0357. The number of rotatable bonds is 4. The van der Waals surface area contributed by atoms with Crippen LogP contribution in [-0.2, 0) is 9.53 Å². The van der Waals surface area contributed by atoms with Crippen molar-refractivity contribution in [1.29, 1.82) is 0 Å². The Morgan fingerprint density at radius 1 is 1.32 bits per heavy atom. The number of carbonyl (C=O) groups excluding carboxylic acids is 1. The van der Waals surface area contributed by atoms with Gasteiger partial charge in [0.25, 0.3) is 0 Å². The average molecular weight is 276 g/mol. The third kappa shape index (κ3) is 3.21. The van der Waals surface area contributed by atoms with Gasteiger partial charge in [-0.1, -0.05) is 32.0 Å². The number of ketones is 1. The Kier molecular flexibility index (Phi) is 4.70. The third-order valence-electron chi connectivity index (χ3n) is 3.50. The first-order chi connectivity index (χ1) is 9.13. The van der Waals surface area contributed by atoms with Crippen molar-refractivity contribution < 1.29 is 9.53 Å². The minimum atomic E-state index is -0.0637. The van der Waals surface area contributed by atoms with Crippen molar-refractivity contribution in [3.05, 3.63) is 42.2 Å². The maximum absolute atomic E-state index is 12.1. The van der Waals surface area contributed by atoms with Crippen molar-refractivity contribution in [2.24, 2.45) is 5.92 Å². The predicted molar refractivity (Wildman–Crippen MR) is 79.2 cm³/mol. The number of carbonyl (C=O) groups is 1. The lowest BCUT2D eigenvalue weighted by Gasteiger charge is -2.32. The Labute approximate surface area is 119 Å². The highest BCUT2D eigenvalue weighted by molar-refractivity contribution is 8.00. The van der Waals surface area contributed by atoms with E-state index in [1.54, 1.807) is 18.0 Å². The highest BCUT2D eigenvalue weighted by atomic mass is 32.2. The largest absolute Gasteiger partial charge is 0.496 e. The fourth-order valence-electron chi connectivity index (χ4n) is 2.33. The number of allylic oxidation sites excluding steroid dienone is 1. The lowest BCUT2D eigenvalue weighted by atomic mass is 9.90. The first-order valence-electron chi connectivity index (χ1n) is 6.71. The van der Waals surface area contributed by atoms with Crippen molar-refractivity contribution in [2.45, 2.75) is 43.4 Å². The monoisotopic (exact) mass is 276 g/mol. The molecule has 1 aliphatic rings. The number of thioether (sulfide) groups is 1. The van der Waals surface area contributed by atoms with E-state index in [1.807, 2.05) is 32.0 Å². The number of benzene rings is 1. The van der Waals surface area contributed by atoms with Gasteiger partial charge in [0.1, 0.15) is 6.10 Å². The van der Waals surface area contributed by atoms with Crippen molar-refractivity contribution in [2.75, 3.05) is 0 Å². The van der Waals surface area contributed by atoms with Gasteiger partial charge >= 0.3 is 0 Å². The van der Waals surface area contributed by atoms with Crippen LogP contribution in [0.15, 0.2) is 47.1 Å². The van der Waals surface area contributed by atoms with E-state index >= 15 is 0 Å². The molecule has 0 bridgehead atoms. The van der Waals surface area contributed by atoms with Crippen LogP contribution in [0.25, 0.3) is 0 Å². The van der Waals surface area contributed by atoms with Gasteiger partial charge in [-0.05, 0) is 25.5 Å². The number of ether oxygens (including phenoxy) is 1. The van der Waals surface area contributed by atoms with Crippen LogP contribution >= 0.6 is 11.8 Å². The highest BCUT2D eigenvalue weighted by Crippen LogP contribution is 2.34. The molecule has 102 valence electrons. The van der Waals surface area contributed by atoms with Crippen LogP contribution in [0.4, 0.5) is 0 Å². The summed E-state index contributed by atoms with van der Waals surface area (Å²) in [7, 11) is 0. The zero-order valence-corrected chi connectivity index (χ0v) is 12.4. The molecule has 3 atom stereocenters. The molecule has 2 nitrogen and oxygen atoms in total.